The quantitative estimate of drug-likeness (QED) is 0.724. The summed E-state index contributed by atoms with van der Waals surface area (Å²) in [5.74, 6) is -1.02. The van der Waals surface area contributed by atoms with Gasteiger partial charge < -0.3 is 5.32 Å². The number of carbonyl (C=O) groups is 1. The molecule has 6 heteroatoms. The van der Waals surface area contributed by atoms with Gasteiger partial charge in [-0.15, -0.1) is 0 Å². The van der Waals surface area contributed by atoms with E-state index in [9.17, 15) is 13.2 Å². The van der Waals surface area contributed by atoms with Crippen LogP contribution in [-0.2, 0) is 14.6 Å². The molecular formula is C20H22N2O3S. The third-order valence-electron chi connectivity index (χ3n) is 3.84. The van der Waals surface area contributed by atoms with E-state index in [1.807, 2.05) is 55.5 Å². The average Bonchev–Trinajstić information content (AvgIpc) is 2.63. The highest BCUT2D eigenvalue weighted by Gasteiger charge is 2.19. The van der Waals surface area contributed by atoms with Crippen molar-refractivity contribution < 1.29 is 13.2 Å². The van der Waals surface area contributed by atoms with Gasteiger partial charge in [0.25, 0.3) is 0 Å². The van der Waals surface area contributed by atoms with Gasteiger partial charge in [-0.3, -0.25) is 4.79 Å². The van der Waals surface area contributed by atoms with Crippen molar-refractivity contribution in [1.29, 1.82) is 5.26 Å². The molecule has 2 aromatic carbocycles. The van der Waals surface area contributed by atoms with Crippen LogP contribution in [0.1, 0.15) is 25.3 Å². The molecule has 26 heavy (non-hydrogen) atoms. The molecule has 5 nitrogen and oxygen atoms in total. The maximum Gasteiger partial charge on any atom is 0.248 e. The van der Waals surface area contributed by atoms with Gasteiger partial charge in [-0.25, -0.2) is 8.42 Å². The van der Waals surface area contributed by atoms with Crippen molar-refractivity contribution in [3.63, 3.8) is 0 Å². The van der Waals surface area contributed by atoms with Crippen molar-refractivity contribution in [3.8, 4) is 6.07 Å². The normalized spacial score (nSPS) is 11.9. The number of nitriles is 1. The van der Waals surface area contributed by atoms with Crippen LogP contribution in [-0.4, -0.2) is 32.4 Å². The molecule has 136 valence electrons. The zero-order valence-corrected chi connectivity index (χ0v) is 15.6. The summed E-state index contributed by atoms with van der Waals surface area (Å²) in [5.41, 5.74) is 0.951. The van der Waals surface area contributed by atoms with Crippen LogP contribution in [0.15, 0.2) is 48.0 Å². The van der Waals surface area contributed by atoms with Crippen molar-refractivity contribution in [3.05, 3.63) is 53.6 Å². The highest BCUT2D eigenvalue weighted by Crippen LogP contribution is 2.18. The molecular weight excluding hydrogens is 348 g/mol. The smallest absolute Gasteiger partial charge is 0.248 e. The van der Waals surface area contributed by atoms with Crippen LogP contribution in [0.25, 0.3) is 16.8 Å². The zero-order chi connectivity index (χ0) is 19.0. The first-order chi connectivity index (χ1) is 12.4. The van der Waals surface area contributed by atoms with Crippen molar-refractivity contribution in [2.45, 2.75) is 19.8 Å². The average molecular weight is 370 g/mol. The Bertz CT molecular complexity index is 956. The number of carbonyl (C=O) groups excluding carboxylic acids is 1. The lowest BCUT2D eigenvalue weighted by Crippen LogP contribution is -2.29. The van der Waals surface area contributed by atoms with Crippen molar-refractivity contribution in [1.82, 2.24) is 5.32 Å². The van der Waals surface area contributed by atoms with Gasteiger partial charge in [0.05, 0.1) is 17.6 Å². The molecule has 0 unspecified atom stereocenters. The molecule has 1 N–H and O–H groups in total. The molecule has 0 saturated carbocycles. The van der Waals surface area contributed by atoms with E-state index in [4.69, 9.17) is 5.26 Å². The third kappa shape index (κ3) is 5.71. The fraction of sp³-hybridized carbons (Fsp3) is 0.300. The van der Waals surface area contributed by atoms with Gasteiger partial charge in [0.1, 0.15) is 0 Å². The van der Waals surface area contributed by atoms with E-state index < -0.39 is 9.84 Å². The second-order valence-electron chi connectivity index (χ2n) is 6.03. The molecule has 2 rings (SSSR count). The molecule has 0 fully saturated rings. The predicted molar refractivity (Wildman–Crippen MR) is 104 cm³/mol. The number of benzene rings is 2. The van der Waals surface area contributed by atoms with Crippen molar-refractivity contribution in [2.75, 3.05) is 18.1 Å². The Labute approximate surface area is 154 Å². The van der Waals surface area contributed by atoms with Gasteiger partial charge in [0, 0.05) is 18.5 Å². The molecule has 0 spiro atoms. The van der Waals surface area contributed by atoms with Gasteiger partial charge in [-0.05, 0) is 34.9 Å². The molecule has 0 atom stereocenters. The molecule has 2 aromatic rings. The maximum absolute atomic E-state index is 12.4. The molecule has 0 saturated heterocycles. The predicted octanol–water partition coefficient (Wildman–Crippen LogP) is 3.08. The first kappa shape index (κ1) is 19.7. The molecule has 0 radical (unpaired) electrons. The summed E-state index contributed by atoms with van der Waals surface area (Å²) in [6, 6.07) is 15.4. The summed E-state index contributed by atoms with van der Waals surface area (Å²) in [5, 5.41) is 13.4. The van der Waals surface area contributed by atoms with E-state index in [1.54, 1.807) is 6.08 Å². The minimum atomic E-state index is -3.53. The number of sulfone groups is 1. The Hall–Kier alpha value is -2.65. The fourth-order valence-electron chi connectivity index (χ4n) is 2.53. The maximum atomic E-state index is 12.4. The lowest BCUT2D eigenvalue weighted by molar-refractivity contribution is -0.117. The molecule has 0 aliphatic heterocycles. The summed E-state index contributed by atoms with van der Waals surface area (Å²) in [6.07, 6.45) is 2.29. The Morgan fingerprint density at radius 2 is 1.92 bits per heavy atom. The van der Waals surface area contributed by atoms with E-state index >= 15 is 0 Å². The van der Waals surface area contributed by atoms with E-state index in [0.29, 0.717) is 6.54 Å². The summed E-state index contributed by atoms with van der Waals surface area (Å²) in [6.45, 7) is 2.41. The molecule has 0 aliphatic rings. The van der Waals surface area contributed by atoms with Crippen LogP contribution in [0.3, 0.4) is 0 Å². The summed E-state index contributed by atoms with van der Waals surface area (Å²) >= 11 is 0. The standard InChI is InChI=1S/C20H22N2O3S/c1-2-11-22-20(23)19(15-26(24,25)12-5-10-21)14-16-8-9-17-6-3-4-7-18(17)13-16/h3-4,6-9,13-14H,2,5,11-12,15H2,1H3,(H,22,23)/b19-14+. The van der Waals surface area contributed by atoms with Crippen LogP contribution in [0.2, 0.25) is 0 Å². The lowest BCUT2D eigenvalue weighted by Gasteiger charge is -2.09. The Kier molecular flexibility index (Phi) is 6.93. The summed E-state index contributed by atoms with van der Waals surface area (Å²) in [4.78, 5) is 12.4. The first-order valence-electron chi connectivity index (χ1n) is 8.50. The number of amides is 1. The number of nitrogens with one attached hydrogen (secondary N) is 1. The van der Waals surface area contributed by atoms with Crippen LogP contribution >= 0.6 is 0 Å². The van der Waals surface area contributed by atoms with Gasteiger partial charge in [-0.2, -0.15) is 5.26 Å². The minimum absolute atomic E-state index is 0.0812. The van der Waals surface area contributed by atoms with Gasteiger partial charge in [-0.1, -0.05) is 43.3 Å². The number of nitrogens with zero attached hydrogens (tertiary/aromatic N) is 1. The van der Waals surface area contributed by atoms with E-state index in [-0.39, 0.29) is 29.4 Å². The molecule has 0 bridgehead atoms. The molecule has 0 aliphatic carbocycles. The van der Waals surface area contributed by atoms with Gasteiger partial charge in [0.15, 0.2) is 9.84 Å². The summed E-state index contributed by atoms with van der Waals surface area (Å²) < 4.78 is 24.4. The molecule has 0 heterocycles. The highest BCUT2D eigenvalue weighted by atomic mass is 32.2. The first-order valence-corrected chi connectivity index (χ1v) is 10.3. The number of fused-ring (bicyclic) bond motifs is 1. The van der Waals surface area contributed by atoms with E-state index in [0.717, 1.165) is 22.8 Å². The van der Waals surface area contributed by atoms with Gasteiger partial charge >= 0.3 is 0 Å². The Morgan fingerprint density at radius 1 is 1.19 bits per heavy atom. The van der Waals surface area contributed by atoms with Crippen LogP contribution in [0.5, 0.6) is 0 Å². The van der Waals surface area contributed by atoms with Crippen LogP contribution < -0.4 is 5.32 Å². The number of rotatable bonds is 8. The fourth-order valence-corrected chi connectivity index (χ4v) is 3.77. The Morgan fingerprint density at radius 3 is 2.62 bits per heavy atom. The van der Waals surface area contributed by atoms with Crippen molar-refractivity contribution >= 4 is 32.6 Å². The molecule has 0 aromatic heterocycles. The SMILES string of the molecule is CCCNC(=O)/C(=C/c1ccc2ccccc2c1)CS(=O)(=O)CCC#N. The van der Waals surface area contributed by atoms with E-state index in [2.05, 4.69) is 5.32 Å². The van der Waals surface area contributed by atoms with E-state index in [1.165, 1.54) is 0 Å². The second kappa shape index (κ2) is 9.16. The second-order valence-corrected chi connectivity index (χ2v) is 8.22. The Balaban J connectivity index is 2.35. The van der Waals surface area contributed by atoms with Gasteiger partial charge in [0.2, 0.25) is 5.91 Å². The van der Waals surface area contributed by atoms with Crippen LogP contribution in [0.4, 0.5) is 0 Å². The number of hydrogen-bond acceptors (Lipinski definition) is 4. The third-order valence-corrected chi connectivity index (χ3v) is 5.42. The van der Waals surface area contributed by atoms with Crippen molar-refractivity contribution in [2.24, 2.45) is 0 Å². The topological polar surface area (TPSA) is 87.0 Å². The monoisotopic (exact) mass is 370 g/mol. The highest BCUT2D eigenvalue weighted by molar-refractivity contribution is 7.91. The number of hydrogen-bond donors (Lipinski definition) is 1. The van der Waals surface area contributed by atoms with Crippen LogP contribution in [0, 0.1) is 11.3 Å². The zero-order valence-electron chi connectivity index (χ0n) is 14.7. The largest absolute Gasteiger partial charge is 0.352 e. The summed E-state index contributed by atoms with van der Waals surface area (Å²) in [7, 11) is -3.53. The molecule has 1 amide bonds. The minimum Gasteiger partial charge on any atom is -0.352 e. The lowest BCUT2D eigenvalue weighted by atomic mass is 10.1.